The molecule has 2 rings (SSSR count). The third-order valence-corrected chi connectivity index (χ3v) is 4.62. The van der Waals surface area contributed by atoms with E-state index in [1.807, 2.05) is 23.9 Å². The van der Waals surface area contributed by atoms with Crippen LogP contribution < -0.4 is 0 Å². The maximum atomic E-state index is 9.63. The van der Waals surface area contributed by atoms with E-state index in [9.17, 15) is 5.11 Å². The molecule has 1 fully saturated rings. The number of hydrogen-bond donors (Lipinski definition) is 1. The summed E-state index contributed by atoms with van der Waals surface area (Å²) in [6.07, 6.45) is 7.80. The number of benzene rings is 1. The molecule has 0 heterocycles. The van der Waals surface area contributed by atoms with Crippen LogP contribution in [0.25, 0.3) is 0 Å². The van der Waals surface area contributed by atoms with Gasteiger partial charge in [-0.15, -0.1) is 11.8 Å². The van der Waals surface area contributed by atoms with Crippen molar-refractivity contribution in [1.29, 1.82) is 0 Å². The Morgan fingerprint density at radius 1 is 1.25 bits per heavy atom. The number of phenolic OH excluding ortho intramolecular Hbond substituents is 1. The van der Waals surface area contributed by atoms with Crippen molar-refractivity contribution in [2.24, 2.45) is 0 Å². The van der Waals surface area contributed by atoms with Gasteiger partial charge in [0.05, 0.1) is 0 Å². The lowest BCUT2D eigenvalue weighted by atomic mass is 10.0. The molecule has 0 bridgehead atoms. The zero-order chi connectivity index (χ0) is 11.4. The van der Waals surface area contributed by atoms with Crippen molar-refractivity contribution in [3.8, 4) is 5.75 Å². The van der Waals surface area contributed by atoms with Crippen LogP contribution in [-0.4, -0.2) is 10.4 Å². The minimum Gasteiger partial charge on any atom is -0.508 e. The molecule has 0 spiro atoms. The first-order valence-corrected chi connectivity index (χ1v) is 7.16. The van der Waals surface area contributed by atoms with Crippen LogP contribution in [0.4, 0.5) is 0 Å². The van der Waals surface area contributed by atoms with E-state index in [-0.39, 0.29) is 0 Å². The number of thioether (sulfide) groups is 1. The molecular weight excluding hydrogens is 216 g/mol. The third-order valence-electron chi connectivity index (χ3n) is 3.29. The van der Waals surface area contributed by atoms with Gasteiger partial charge in [-0.2, -0.15) is 0 Å². The van der Waals surface area contributed by atoms with Gasteiger partial charge in [0.2, 0.25) is 0 Å². The van der Waals surface area contributed by atoms with Crippen molar-refractivity contribution in [1.82, 2.24) is 0 Å². The van der Waals surface area contributed by atoms with Crippen LogP contribution in [-0.2, 0) is 6.42 Å². The Bertz CT molecular complexity index is 343. The molecule has 0 aromatic heterocycles. The van der Waals surface area contributed by atoms with Crippen LogP contribution in [0.2, 0.25) is 0 Å². The van der Waals surface area contributed by atoms with Crippen LogP contribution in [0.1, 0.15) is 44.6 Å². The van der Waals surface area contributed by atoms with Crippen molar-refractivity contribution < 1.29 is 5.11 Å². The molecule has 1 nitrogen and oxygen atoms in total. The lowest BCUT2D eigenvalue weighted by molar-refractivity contribution is 0.468. The first-order valence-electron chi connectivity index (χ1n) is 6.28. The fourth-order valence-corrected chi connectivity index (χ4v) is 3.60. The zero-order valence-electron chi connectivity index (χ0n) is 9.91. The molecule has 1 N–H and O–H groups in total. The van der Waals surface area contributed by atoms with E-state index in [4.69, 9.17) is 0 Å². The highest BCUT2D eigenvalue weighted by Gasteiger charge is 2.14. The van der Waals surface area contributed by atoms with E-state index in [0.29, 0.717) is 5.75 Å². The monoisotopic (exact) mass is 236 g/mol. The van der Waals surface area contributed by atoms with Gasteiger partial charge in [0.25, 0.3) is 0 Å². The highest BCUT2D eigenvalue weighted by atomic mass is 32.2. The van der Waals surface area contributed by atoms with E-state index in [0.717, 1.165) is 17.2 Å². The first kappa shape index (κ1) is 11.8. The van der Waals surface area contributed by atoms with Gasteiger partial charge in [0.1, 0.15) is 5.75 Å². The number of aromatic hydroxyl groups is 1. The molecule has 0 saturated heterocycles. The predicted octanol–water partition coefficient (Wildman–Crippen LogP) is 4.38. The van der Waals surface area contributed by atoms with Crippen molar-refractivity contribution in [3.63, 3.8) is 0 Å². The van der Waals surface area contributed by atoms with E-state index in [1.165, 1.54) is 37.0 Å². The Labute approximate surface area is 102 Å². The molecule has 0 aliphatic heterocycles. The van der Waals surface area contributed by atoms with E-state index in [1.54, 1.807) is 0 Å². The normalized spacial score (nSPS) is 17.6. The molecule has 1 aromatic rings. The van der Waals surface area contributed by atoms with E-state index < -0.39 is 0 Å². The summed E-state index contributed by atoms with van der Waals surface area (Å²) in [5.41, 5.74) is 1.07. The summed E-state index contributed by atoms with van der Waals surface area (Å²) < 4.78 is 0. The number of aryl methyl sites for hydroxylation is 1. The average Bonchev–Trinajstić information content (AvgIpc) is 2.33. The summed E-state index contributed by atoms with van der Waals surface area (Å²) >= 11 is 1.99. The van der Waals surface area contributed by atoms with Gasteiger partial charge in [0, 0.05) is 10.1 Å². The quantitative estimate of drug-likeness (QED) is 0.840. The number of hydrogen-bond acceptors (Lipinski definition) is 2. The Morgan fingerprint density at radius 2 is 2.00 bits per heavy atom. The van der Waals surface area contributed by atoms with Gasteiger partial charge in [0.15, 0.2) is 0 Å². The summed E-state index contributed by atoms with van der Waals surface area (Å²) in [5, 5.41) is 10.4. The van der Waals surface area contributed by atoms with Crippen molar-refractivity contribution in [2.45, 2.75) is 55.6 Å². The Balaban J connectivity index is 2.03. The van der Waals surface area contributed by atoms with Gasteiger partial charge < -0.3 is 5.11 Å². The Hall–Kier alpha value is -0.630. The van der Waals surface area contributed by atoms with Gasteiger partial charge in [-0.1, -0.05) is 26.2 Å². The molecule has 1 aliphatic rings. The highest BCUT2D eigenvalue weighted by Crippen LogP contribution is 2.35. The summed E-state index contributed by atoms with van der Waals surface area (Å²) in [7, 11) is 0. The van der Waals surface area contributed by atoms with Gasteiger partial charge in [-0.25, -0.2) is 0 Å². The summed E-state index contributed by atoms with van der Waals surface area (Å²) in [6.45, 7) is 2.09. The van der Waals surface area contributed by atoms with Crippen molar-refractivity contribution in [2.75, 3.05) is 0 Å². The zero-order valence-corrected chi connectivity index (χ0v) is 10.7. The highest BCUT2D eigenvalue weighted by molar-refractivity contribution is 8.00. The smallest absolute Gasteiger partial charge is 0.118 e. The van der Waals surface area contributed by atoms with E-state index in [2.05, 4.69) is 13.0 Å². The molecule has 88 valence electrons. The fraction of sp³-hybridized carbons (Fsp3) is 0.571. The second-order valence-electron chi connectivity index (χ2n) is 4.52. The maximum Gasteiger partial charge on any atom is 0.118 e. The van der Waals surface area contributed by atoms with Crippen LogP contribution in [0.3, 0.4) is 0 Å². The molecule has 0 radical (unpaired) electrons. The maximum absolute atomic E-state index is 9.63. The lowest BCUT2D eigenvalue weighted by Gasteiger charge is -2.21. The Kier molecular flexibility index (Phi) is 4.16. The SMILES string of the molecule is CCc1cc(SC2CCCCC2)ccc1O. The van der Waals surface area contributed by atoms with Gasteiger partial charge in [-0.3, -0.25) is 0 Å². The molecule has 1 aromatic carbocycles. The van der Waals surface area contributed by atoms with E-state index >= 15 is 0 Å². The summed E-state index contributed by atoms with van der Waals surface area (Å²) in [5.74, 6) is 0.440. The molecule has 16 heavy (non-hydrogen) atoms. The third kappa shape index (κ3) is 2.94. The first-order chi connectivity index (χ1) is 7.79. The van der Waals surface area contributed by atoms with Crippen molar-refractivity contribution in [3.05, 3.63) is 23.8 Å². The predicted molar refractivity (Wildman–Crippen MR) is 70.2 cm³/mol. The number of phenols is 1. The fourth-order valence-electron chi connectivity index (χ4n) is 2.29. The number of rotatable bonds is 3. The van der Waals surface area contributed by atoms with Crippen molar-refractivity contribution >= 4 is 11.8 Å². The van der Waals surface area contributed by atoms with Crippen LogP contribution in [0.15, 0.2) is 23.1 Å². The molecule has 0 unspecified atom stereocenters. The Morgan fingerprint density at radius 3 is 2.69 bits per heavy atom. The minimum absolute atomic E-state index is 0.440. The second-order valence-corrected chi connectivity index (χ2v) is 5.90. The topological polar surface area (TPSA) is 20.2 Å². The second kappa shape index (κ2) is 5.62. The van der Waals surface area contributed by atoms with Crippen LogP contribution in [0, 0.1) is 0 Å². The molecular formula is C14H20OS. The van der Waals surface area contributed by atoms with Gasteiger partial charge in [-0.05, 0) is 43.0 Å². The molecule has 2 heteroatoms. The standard InChI is InChI=1S/C14H20OS/c1-2-11-10-13(8-9-14(11)15)16-12-6-4-3-5-7-12/h8-10,12,15H,2-7H2,1H3. The lowest BCUT2D eigenvalue weighted by Crippen LogP contribution is -2.07. The largest absolute Gasteiger partial charge is 0.508 e. The van der Waals surface area contributed by atoms with Gasteiger partial charge >= 0.3 is 0 Å². The minimum atomic E-state index is 0.440. The molecule has 1 saturated carbocycles. The van der Waals surface area contributed by atoms with Crippen LogP contribution >= 0.6 is 11.8 Å². The molecule has 1 aliphatic carbocycles. The summed E-state index contributed by atoms with van der Waals surface area (Å²) in [6, 6.07) is 6.03. The molecule has 0 atom stereocenters. The molecule has 0 amide bonds. The van der Waals surface area contributed by atoms with Crippen LogP contribution in [0.5, 0.6) is 5.75 Å². The summed E-state index contributed by atoms with van der Waals surface area (Å²) in [4.78, 5) is 1.32. The average molecular weight is 236 g/mol.